The topological polar surface area (TPSA) is 61.0 Å². The number of nitrogens with one attached hydrogen (secondary N) is 2. The molecule has 16 heavy (non-hydrogen) atoms. The third-order valence-electron chi connectivity index (χ3n) is 3.10. The number of hydrogen-bond donors (Lipinski definition) is 2. The summed E-state index contributed by atoms with van der Waals surface area (Å²) in [6.07, 6.45) is 3.79. The van der Waals surface area contributed by atoms with Crippen LogP contribution < -0.4 is 15.8 Å². The van der Waals surface area contributed by atoms with Gasteiger partial charge in [-0.2, -0.15) is 0 Å². The number of H-pyrrole nitrogens is 1. The third kappa shape index (κ3) is 2.61. The van der Waals surface area contributed by atoms with Crippen molar-refractivity contribution in [3.8, 4) is 0 Å². The average molecular weight is 222 g/mol. The molecule has 88 valence electrons. The van der Waals surface area contributed by atoms with Crippen LogP contribution in [0.4, 0.5) is 5.82 Å². The summed E-state index contributed by atoms with van der Waals surface area (Å²) in [6.45, 7) is 3.06. The fourth-order valence-corrected chi connectivity index (χ4v) is 2.19. The maximum absolute atomic E-state index is 11.2. The zero-order valence-electron chi connectivity index (χ0n) is 9.57. The molecule has 0 spiro atoms. The molecule has 0 amide bonds. The van der Waals surface area contributed by atoms with Crippen molar-refractivity contribution in [2.24, 2.45) is 5.92 Å². The largest absolute Gasteiger partial charge is 0.356 e. The van der Waals surface area contributed by atoms with Crippen LogP contribution in [-0.4, -0.2) is 36.6 Å². The Hall–Kier alpha value is -1.36. The van der Waals surface area contributed by atoms with Gasteiger partial charge in [-0.1, -0.05) is 0 Å². The Bertz CT molecular complexity index is 382. The highest BCUT2D eigenvalue weighted by Crippen LogP contribution is 2.19. The van der Waals surface area contributed by atoms with E-state index in [1.54, 1.807) is 6.07 Å². The molecular formula is C11H18N4O. The molecule has 1 aliphatic rings. The van der Waals surface area contributed by atoms with Crippen LogP contribution in [0.2, 0.25) is 0 Å². The number of piperidine rings is 1. The monoisotopic (exact) mass is 222 g/mol. The van der Waals surface area contributed by atoms with E-state index in [9.17, 15) is 4.79 Å². The van der Waals surface area contributed by atoms with Crippen molar-refractivity contribution in [2.45, 2.75) is 12.8 Å². The normalized spacial score (nSPS) is 17.7. The van der Waals surface area contributed by atoms with Gasteiger partial charge in [-0.15, -0.1) is 0 Å². The second-order valence-electron chi connectivity index (χ2n) is 4.26. The van der Waals surface area contributed by atoms with Gasteiger partial charge in [0.15, 0.2) is 0 Å². The molecule has 0 unspecified atom stereocenters. The predicted octanol–water partition coefficient (Wildman–Crippen LogP) is 0.206. The van der Waals surface area contributed by atoms with Gasteiger partial charge < -0.3 is 15.2 Å². The molecule has 1 fully saturated rings. The second-order valence-corrected chi connectivity index (χ2v) is 4.26. The highest BCUT2D eigenvalue weighted by Gasteiger charge is 2.19. The standard InChI is InChI=1S/C11H18N4O/c1-12-7-9-2-4-15(5-3-9)10-6-11(16)14-8-13-10/h6,8-9,12H,2-5,7H2,1H3,(H,13,14,16). The molecule has 0 atom stereocenters. The lowest BCUT2D eigenvalue weighted by Gasteiger charge is -2.32. The molecule has 5 heteroatoms. The molecule has 1 aromatic heterocycles. The summed E-state index contributed by atoms with van der Waals surface area (Å²) in [5.41, 5.74) is -0.0812. The van der Waals surface area contributed by atoms with Gasteiger partial charge in [0.1, 0.15) is 5.82 Å². The fourth-order valence-electron chi connectivity index (χ4n) is 2.19. The van der Waals surface area contributed by atoms with E-state index in [2.05, 4.69) is 20.2 Å². The van der Waals surface area contributed by atoms with Crippen LogP contribution in [0.5, 0.6) is 0 Å². The van der Waals surface area contributed by atoms with Gasteiger partial charge in [-0.3, -0.25) is 4.79 Å². The molecule has 1 aliphatic heterocycles. The highest BCUT2D eigenvalue weighted by molar-refractivity contribution is 5.36. The number of anilines is 1. The Labute approximate surface area is 94.9 Å². The maximum atomic E-state index is 11.2. The number of nitrogens with zero attached hydrogens (tertiary/aromatic N) is 2. The van der Waals surface area contributed by atoms with Crippen LogP contribution in [0.15, 0.2) is 17.2 Å². The minimum atomic E-state index is -0.0812. The van der Waals surface area contributed by atoms with E-state index in [0.717, 1.165) is 44.2 Å². The van der Waals surface area contributed by atoms with E-state index in [1.165, 1.54) is 6.33 Å². The lowest BCUT2D eigenvalue weighted by Crippen LogP contribution is -2.37. The van der Waals surface area contributed by atoms with Crippen molar-refractivity contribution in [1.82, 2.24) is 15.3 Å². The summed E-state index contributed by atoms with van der Waals surface area (Å²) in [6, 6.07) is 1.57. The summed E-state index contributed by atoms with van der Waals surface area (Å²) in [7, 11) is 1.99. The minimum Gasteiger partial charge on any atom is -0.356 e. The maximum Gasteiger partial charge on any atom is 0.252 e. The number of aromatic amines is 1. The van der Waals surface area contributed by atoms with Gasteiger partial charge in [0, 0.05) is 19.2 Å². The van der Waals surface area contributed by atoms with Gasteiger partial charge in [0.05, 0.1) is 6.33 Å². The van der Waals surface area contributed by atoms with Crippen molar-refractivity contribution in [3.05, 3.63) is 22.7 Å². The fraction of sp³-hybridized carbons (Fsp3) is 0.636. The van der Waals surface area contributed by atoms with Crippen molar-refractivity contribution in [3.63, 3.8) is 0 Å². The first-order chi connectivity index (χ1) is 7.79. The summed E-state index contributed by atoms with van der Waals surface area (Å²) in [4.78, 5) is 20.1. The average Bonchev–Trinajstić information content (AvgIpc) is 2.30. The molecule has 2 heterocycles. The number of rotatable bonds is 3. The number of hydrogen-bond acceptors (Lipinski definition) is 4. The molecule has 1 saturated heterocycles. The summed E-state index contributed by atoms with van der Waals surface area (Å²) in [5.74, 6) is 1.55. The third-order valence-corrected chi connectivity index (χ3v) is 3.10. The predicted molar refractivity (Wildman–Crippen MR) is 63.7 cm³/mol. The van der Waals surface area contributed by atoms with Gasteiger partial charge in [0.2, 0.25) is 0 Å². The van der Waals surface area contributed by atoms with E-state index in [0.29, 0.717) is 0 Å². The lowest BCUT2D eigenvalue weighted by molar-refractivity contribution is 0.392. The van der Waals surface area contributed by atoms with Gasteiger partial charge >= 0.3 is 0 Å². The van der Waals surface area contributed by atoms with E-state index in [-0.39, 0.29) is 5.56 Å². The van der Waals surface area contributed by atoms with Gasteiger partial charge in [0.25, 0.3) is 5.56 Å². The Morgan fingerprint density at radius 1 is 1.56 bits per heavy atom. The van der Waals surface area contributed by atoms with E-state index >= 15 is 0 Å². The van der Waals surface area contributed by atoms with E-state index < -0.39 is 0 Å². The summed E-state index contributed by atoms with van der Waals surface area (Å²) >= 11 is 0. The summed E-state index contributed by atoms with van der Waals surface area (Å²) < 4.78 is 0. The van der Waals surface area contributed by atoms with Crippen LogP contribution in [0.1, 0.15) is 12.8 Å². The first-order valence-electron chi connectivity index (χ1n) is 5.74. The molecule has 0 aliphatic carbocycles. The highest BCUT2D eigenvalue weighted by atomic mass is 16.1. The van der Waals surface area contributed by atoms with Crippen LogP contribution in [0, 0.1) is 5.92 Å². The quantitative estimate of drug-likeness (QED) is 0.767. The second kappa shape index (κ2) is 5.12. The zero-order valence-corrected chi connectivity index (χ0v) is 9.57. The molecule has 0 saturated carbocycles. The Balaban J connectivity index is 1.96. The van der Waals surface area contributed by atoms with Crippen molar-refractivity contribution in [2.75, 3.05) is 31.6 Å². The Morgan fingerprint density at radius 3 is 2.94 bits per heavy atom. The number of aromatic nitrogens is 2. The van der Waals surface area contributed by atoms with Crippen molar-refractivity contribution >= 4 is 5.82 Å². The molecule has 0 radical (unpaired) electrons. The Kier molecular flexibility index (Phi) is 3.56. The van der Waals surface area contributed by atoms with Crippen LogP contribution >= 0.6 is 0 Å². The first kappa shape index (κ1) is 11.1. The molecule has 0 bridgehead atoms. The minimum absolute atomic E-state index is 0.0812. The van der Waals surface area contributed by atoms with Crippen LogP contribution in [0.25, 0.3) is 0 Å². The molecule has 5 nitrogen and oxygen atoms in total. The van der Waals surface area contributed by atoms with E-state index in [4.69, 9.17) is 0 Å². The first-order valence-corrected chi connectivity index (χ1v) is 5.74. The molecule has 0 aromatic carbocycles. The van der Waals surface area contributed by atoms with Gasteiger partial charge in [-0.05, 0) is 32.4 Å². The van der Waals surface area contributed by atoms with Gasteiger partial charge in [-0.25, -0.2) is 4.98 Å². The smallest absolute Gasteiger partial charge is 0.252 e. The van der Waals surface area contributed by atoms with Crippen LogP contribution in [0.3, 0.4) is 0 Å². The van der Waals surface area contributed by atoms with Crippen molar-refractivity contribution < 1.29 is 0 Å². The Morgan fingerprint density at radius 2 is 2.31 bits per heavy atom. The molecule has 1 aromatic rings. The zero-order chi connectivity index (χ0) is 11.4. The molecule has 2 N–H and O–H groups in total. The SMILES string of the molecule is CNCC1CCN(c2cc(=O)[nH]cn2)CC1. The molecule has 2 rings (SSSR count). The van der Waals surface area contributed by atoms with E-state index in [1.807, 2.05) is 7.05 Å². The molecular weight excluding hydrogens is 204 g/mol. The summed E-state index contributed by atoms with van der Waals surface area (Å²) in [5, 5.41) is 3.21. The van der Waals surface area contributed by atoms with Crippen LogP contribution in [-0.2, 0) is 0 Å². The lowest BCUT2D eigenvalue weighted by atomic mass is 9.97. The van der Waals surface area contributed by atoms with Crippen molar-refractivity contribution in [1.29, 1.82) is 0 Å².